The van der Waals surface area contributed by atoms with Crippen molar-refractivity contribution in [1.29, 1.82) is 0 Å². The Morgan fingerprint density at radius 3 is 2.84 bits per heavy atom. The van der Waals surface area contributed by atoms with Gasteiger partial charge in [0.05, 0.1) is 5.56 Å². The van der Waals surface area contributed by atoms with Crippen LogP contribution in [0.4, 0.5) is 8.78 Å². The predicted molar refractivity (Wildman–Crippen MR) is 68.7 cm³/mol. The van der Waals surface area contributed by atoms with Gasteiger partial charge in [-0.05, 0) is 44.4 Å². The van der Waals surface area contributed by atoms with E-state index in [1.165, 1.54) is 0 Å². The Morgan fingerprint density at radius 1 is 1.42 bits per heavy atom. The molecule has 1 saturated heterocycles. The summed E-state index contributed by atoms with van der Waals surface area (Å²) >= 11 is 0. The molecule has 3 nitrogen and oxygen atoms in total. The zero-order chi connectivity index (χ0) is 14.0. The smallest absolute Gasteiger partial charge is 0.257 e. The molecule has 0 bridgehead atoms. The monoisotopic (exact) mass is 268 g/mol. The van der Waals surface area contributed by atoms with Crippen molar-refractivity contribution in [3.63, 3.8) is 0 Å². The lowest BCUT2D eigenvalue weighted by atomic mass is 9.95. The second-order valence-corrected chi connectivity index (χ2v) is 5.01. The SMILES string of the molecule is CC1CCCC(CN)N1C(=O)c1cc(F)ccc1F. The van der Waals surface area contributed by atoms with Crippen molar-refractivity contribution in [2.75, 3.05) is 6.54 Å². The Hall–Kier alpha value is -1.49. The van der Waals surface area contributed by atoms with Gasteiger partial charge in [0, 0.05) is 18.6 Å². The highest BCUT2D eigenvalue weighted by atomic mass is 19.1. The number of hydrogen-bond acceptors (Lipinski definition) is 2. The largest absolute Gasteiger partial charge is 0.332 e. The fraction of sp³-hybridized carbons (Fsp3) is 0.500. The van der Waals surface area contributed by atoms with E-state index in [1.54, 1.807) is 4.90 Å². The Balaban J connectivity index is 2.33. The van der Waals surface area contributed by atoms with Gasteiger partial charge in [0.25, 0.3) is 5.91 Å². The van der Waals surface area contributed by atoms with Crippen molar-refractivity contribution >= 4 is 5.91 Å². The van der Waals surface area contributed by atoms with Crippen LogP contribution in [0.5, 0.6) is 0 Å². The van der Waals surface area contributed by atoms with Gasteiger partial charge in [-0.1, -0.05) is 0 Å². The second kappa shape index (κ2) is 5.65. The first kappa shape index (κ1) is 13.9. The summed E-state index contributed by atoms with van der Waals surface area (Å²) in [6.07, 6.45) is 2.67. The number of nitrogens with two attached hydrogens (primary N) is 1. The first-order valence-corrected chi connectivity index (χ1v) is 6.52. The Labute approximate surface area is 111 Å². The van der Waals surface area contributed by atoms with Gasteiger partial charge in [-0.25, -0.2) is 8.78 Å². The van der Waals surface area contributed by atoms with Gasteiger partial charge in [-0.15, -0.1) is 0 Å². The van der Waals surface area contributed by atoms with Crippen LogP contribution in [-0.4, -0.2) is 29.4 Å². The molecule has 1 aromatic rings. The zero-order valence-corrected chi connectivity index (χ0v) is 10.9. The molecule has 1 heterocycles. The van der Waals surface area contributed by atoms with Crippen molar-refractivity contribution in [2.45, 2.75) is 38.3 Å². The van der Waals surface area contributed by atoms with Gasteiger partial charge in [0.1, 0.15) is 11.6 Å². The molecule has 1 fully saturated rings. The fourth-order valence-electron chi connectivity index (χ4n) is 2.68. The summed E-state index contributed by atoms with van der Waals surface area (Å²) < 4.78 is 26.9. The van der Waals surface area contributed by atoms with E-state index in [9.17, 15) is 13.6 Å². The highest BCUT2D eigenvalue weighted by molar-refractivity contribution is 5.95. The first-order chi connectivity index (χ1) is 9.04. The number of hydrogen-bond donors (Lipinski definition) is 1. The number of carbonyl (C=O) groups is 1. The Bertz CT molecular complexity index is 479. The summed E-state index contributed by atoms with van der Waals surface area (Å²) in [5.74, 6) is -1.78. The molecule has 1 amide bonds. The number of rotatable bonds is 2. The van der Waals surface area contributed by atoms with Gasteiger partial charge in [0.2, 0.25) is 0 Å². The summed E-state index contributed by atoms with van der Waals surface area (Å²) in [5.41, 5.74) is 5.46. The molecule has 5 heteroatoms. The summed E-state index contributed by atoms with van der Waals surface area (Å²) in [6.45, 7) is 2.25. The summed E-state index contributed by atoms with van der Waals surface area (Å²) in [6, 6.07) is 2.84. The lowest BCUT2D eigenvalue weighted by molar-refractivity contribution is 0.0489. The maximum Gasteiger partial charge on any atom is 0.257 e. The van der Waals surface area contributed by atoms with E-state index in [0.717, 1.165) is 37.5 Å². The quantitative estimate of drug-likeness (QED) is 0.894. The second-order valence-electron chi connectivity index (χ2n) is 5.01. The first-order valence-electron chi connectivity index (χ1n) is 6.52. The molecule has 1 aliphatic heterocycles. The molecule has 1 aromatic carbocycles. The molecule has 2 atom stereocenters. The van der Waals surface area contributed by atoms with Crippen molar-refractivity contribution in [3.8, 4) is 0 Å². The van der Waals surface area contributed by atoms with E-state index in [2.05, 4.69) is 0 Å². The molecule has 19 heavy (non-hydrogen) atoms. The molecule has 0 aromatic heterocycles. The predicted octanol–water partition coefficient (Wildman–Crippen LogP) is 2.31. The van der Waals surface area contributed by atoms with Crippen LogP contribution in [0.3, 0.4) is 0 Å². The van der Waals surface area contributed by atoms with Gasteiger partial charge in [-0.3, -0.25) is 4.79 Å². The topological polar surface area (TPSA) is 46.3 Å². The average molecular weight is 268 g/mol. The fourth-order valence-corrected chi connectivity index (χ4v) is 2.68. The third-order valence-electron chi connectivity index (χ3n) is 3.69. The zero-order valence-electron chi connectivity index (χ0n) is 10.9. The number of nitrogens with zero attached hydrogens (tertiary/aromatic N) is 1. The minimum absolute atomic E-state index is 0.00235. The average Bonchev–Trinajstić information content (AvgIpc) is 2.40. The van der Waals surface area contributed by atoms with E-state index in [0.29, 0.717) is 6.54 Å². The van der Waals surface area contributed by atoms with Crippen molar-refractivity contribution < 1.29 is 13.6 Å². The van der Waals surface area contributed by atoms with E-state index in [-0.39, 0.29) is 17.6 Å². The lowest BCUT2D eigenvalue weighted by Crippen LogP contribution is -2.52. The van der Waals surface area contributed by atoms with Gasteiger partial charge in [-0.2, -0.15) is 0 Å². The standard InChI is InChI=1S/C14H18F2N2O/c1-9-3-2-4-11(8-17)18(9)14(19)12-7-10(15)5-6-13(12)16/h5-7,9,11H,2-4,8,17H2,1H3. The van der Waals surface area contributed by atoms with Crippen LogP contribution in [0.2, 0.25) is 0 Å². The molecule has 104 valence electrons. The van der Waals surface area contributed by atoms with Gasteiger partial charge in [0.15, 0.2) is 0 Å². The molecule has 2 N–H and O–H groups in total. The van der Waals surface area contributed by atoms with Crippen LogP contribution in [0.15, 0.2) is 18.2 Å². The third kappa shape index (κ3) is 2.76. The van der Waals surface area contributed by atoms with Gasteiger partial charge < -0.3 is 10.6 Å². The highest BCUT2D eigenvalue weighted by Crippen LogP contribution is 2.25. The minimum Gasteiger partial charge on any atom is -0.332 e. The molecular weight excluding hydrogens is 250 g/mol. The molecule has 0 radical (unpaired) electrons. The van der Waals surface area contributed by atoms with Crippen LogP contribution in [-0.2, 0) is 0 Å². The third-order valence-corrected chi connectivity index (χ3v) is 3.69. The molecule has 2 rings (SSSR count). The number of halogens is 2. The molecule has 0 saturated carbocycles. The van der Waals surface area contributed by atoms with E-state index < -0.39 is 17.5 Å². The van der Waals surface area contributed by atoms with Crippen LogP contribution < -0.4 is 5.73 Å². The molecule has 0 aliphatic carbocycles. The van der Waals surface area contributed by atoms with Gasteiger partial charge >= 0.3 is 0 Å². The maximum absolute atomic E-state index is 13.7. The number of piperidine rings is 1. The molecule has 0 spiro atoms. The van der Waals surface area contributed by atoms with Crippen LogP contribution in [0.25, 0.3) is 0 Å². The lowest BCUT2D eigenvalue weighted by Gasteiger charge is -2.40. The van der Waals surface area contributed by atoms with Crippen LogP contribution in [0.1, 0.15) is 36.5 Å². The maximum atomic E-state index is 13.7. The van der Waals surface area contributed by atoms with E-state index >= 15 is 0 Å². The molecule has 1 aliphatic rings. The van der Waals surface area contributed by atoms with E-state index in [4.69, 9.17) is 5.73 Å². The number of likely N-dealkylation sites (tertiary alicyclic amines) is 1. The molecular formula is C14H18F2N2O. The minimum atomic E-state index is -0.694. The normalized spacial score (nSPS) is 23.5. The Kier molecular flexibility index (Phi) is 4.14. The summed E-state index contributed by atoms with van der Waals surface area (Å²) in [5, 5.41) is 0. The highest BCUT2D eigenvalue weighted by Gasteiger charge is 2.32. The number of carbonyl (C=O) groups excluding carboxylic acids is 1. The summed E-state index contributed by atoms with van der Waals surface area (Å²) in [4.78, 5) is 14.0. The number of benzene rings is 1. The van der Waals surface area contributed by atoms with Crippen molar-refractivity contribution in [2.24, 2.45) is 5.73 Å². The molecule has 2 unspecified atom stereocenters. The Morgan fingerprint density at radius 2 is 2.16 bits per heavy atom. The summed E-state index contributed by atoms with van der Waals surface area (Å²) in [7, 11) is 0. The van der Waals surface area contributed by atoms with Crippen molar-refractivity contribution in [3.05, 3.63) is 35.4 Å². The number of amides is 1. The van der Waals surface area contributed by atoms with Crippen LogP contribution >= 0.6 is 0 Å². The van der Waals surface area contributed by atoms with E-state index in [1.807, 2.05) is 6.92 Å². The van der Waals surface area contributed by atoms with Crippen molar-refractivity contribution in [1.82, 2.24) is 4.90 Å². The van der Waals surface area contributed by atoms with Crippen LogP contribution in [0, 0.1) is 11.6 Å².